The molecule has 0 aliphatic rings. The summed E-state index contributed by atoms with van der Waals surface area (Å²) in [5.74, 6) is -0.869. The highest BCUT2D eigenvalue weighted by Crippen LogP contribution is 2.28. The Bertz CT molecular complexity index is 408. The number of aliphatic hydroxyl groups is 2. The van der Waals surface area contributed by atoms with Crippen LogP contribution in [0.25, 0.3) is 0 Å². The maximum atomic E-state index is 11.2. The second-order valence-corrected chi connectivity index (χ2v) is 4.30. The topological polar surface area (TPSA) is 66.8 Å². The lowest BCUT2D eigenvalue weighted by molar-refractivity contribution is -0.156. The molecular formula is C12H15ClO4. The molecule has 4 nitrogen and oxygen atoms in total. The lowest BCUT2D eigenvalue weighted by Crippen LogP contribution is -2.29. The van der Waals surface area contributed by atoms with E-state index < -0.39 is 18.2 Å². The monoisotopic (exact) mass is 258 g/mol. The third-order valence-corrected chi connectivity index (χ3v) is 2.81. The van der Waals surface area contributed by atoms with Gasteiger partial charge in [-0.15, -0.1) is 0 Å². The van der Waals surface area contributed by atoms with Gasteiger partial charge in [-0.3, -0.25) is 0 Å². The molecule has 0 aliphatic heterocycles. The third-order valence-electron chi connectivity index (χ3n) is 2.60. The predicted octanol–water partition coefficient (Wildman–Crippen LogP) is 1.52. The second-order valence-electron chi connectivity index (χ2n) is 3.87. The quantitative estimate of drug-likeness (QED) is 0.807. The van der Waals surface area contributed by atoms with E-state index in [1.165, 1.54) is 0 Å². The predicted molar refractivity (Wildman–Crippen MR) is 63.9 cm³/mol. The zero-order chi connectivity index (χ0) is 13.2. The minimum atomic E-state index is -1.60. The van der Waals surface area contributed by atoms with Gasteiger partial charge in [0.2, 0.25) is 0 Å². The number of esters is 1. The number of hydrogen-bond acceptors (Lipinski definition) is 4. The fourth-order valence-electron chi connectivity index (χ4n) is 1.80. The summed E-state index contributed by atoms with van der Waals surface area (Å²) in [4.78, 5) is 11.2. The van der Waals surface area contributed by atoms with Crippen molar-refractivity contribution in [3.05, 3.63) is 33.8 Å². The molecule has 94 valence electrons. The number of rotatable bonds is 3. The van der Waals surface area contributed by atoms with Gasteiger partial charge in [0.05, 0.1) is 7.11 Å². The molecule has 17 heavy (non-hydrogen) atoms. The minimum absolute atomic E-state index is 0.493. The molecule has 2 atom stereocenters. The van der Waals surface area contributed by atoms with Crippen LogP contribution in [-0.2, 0) is 9.53 Å². The average Bonchev–Trinajstić information content (AvgIpc) is 2.25. The van der Waals surface area contributed by atoms with Crippen LogP contribution >= 0.6 is 11.6 Å². The van der Waals surface area contributed by atoms with E-state index in [-0.39, 0.29) is 0 Å². The normalized spacial score (nSPS) is 14.2. The van der Waals surface area contributed by atoms with Crippen LogP contribution in [0.5, 0.6) is 0 Å². The molecule has 0 aromatic heterocycles. The Morgan fingerprint density at radius 1 is 1.29 bits per heavy atom. The van der Waals surface area contributed by atoms with Crippen molar-refractivity contribution in [3.63, 3.8) is 0 Å². The van der Waals surface area contributed by atoms with E-state index in [0.29, 0.717) is 21.7 Å². The standard InChI is InChI=1S/C12H15ClO4/c1-6-4-8(13)5-7(2)9(6)10(14)11(15)12(16)17-3/h4-5,10-11,14-15H,1-3H3. The average molecular weight is 259 g/mol. The number of methoxy groups -OCH3 is 1. The van der Waals surface area contributed by atoms with Crippen LogP contribution in [0, 0.1) is 13.8 Å². The maximum absolute atomic E-state index is 11.2. The Hall–Kier alpha value is -1.10. The fourth-order valence-corrected chi connectivity index (χ4v) is 2.12. The van der Waals surface area contributed by atoms with Gasteiger partial charge in [-0.05, 0) is 42.7 Å². The first-order valence-electron chi connectivity index (χ1n) is 5.09. The highest BCUT2D eigenvalue weighted by molar-refractivity contribution is 6.30. The number of aliphatic hydroxyl groups excluding tert-OH is 2. The van der Waals surface area contributed by atoms with Gasteiger partial charge in [-0.25, -0.2) is 4.79 Å². The Balaban J connectivity index is 3.12. The van der Waals surface area contributed by atoms with Crippen LogP contribution in [0.1, 0.15) is 22.8 Å². The lowest BCUT2D eigenvalue weighted by atomic mass is 9.95. The molecule has 0 aliphatic carbocycles. The van der Waals surface area contributed by atoms with E-state index >= 15 is 0 Å². The molecule has 5 heteroatoms. The van der Waals surface area contributed by atoms with Gasteiger partial charge in [-0.1, -0.05) is 11.6 Å². The van der Waals surface area contributed by atoms with Crippen LogP contribution in [0.15, 0.2) is 12.1 Å². The number of halogens is 1. The van der Waals surface area contributed by atoms with E-state index in [9.17, 15) is 15.0 Å². The fraction of sp³-hybridized carbons (Fsp3) is 0.417. The van der Waals surface area contributed by atoms with Crippen molar-refractivity contribution < 1.29 is 19.7 Å². The van der Waals surface area contributed by atoms with Gasteiger partial charge in [0.1, 0.15) is 6.10 Å². The van der Waals surface area contributed by atoms with Crippen LogP contribution in [0.3, 0.4) is 0 Å². The first-order valence-corrected chi connectivity index (χ1v) is 5.47. The molecule has 1 rings (SSSR count). The molecule has 0 saturated carbocycles. The van der Waals surface area contributed by atoms with Crippen molar-refractivity contribution in [2.75, 3.05) is 7.11 Å². The lowest BCUT2D eigenvalue weighted by Gasteiger charge is -2.20. The van der Waals surface area contributed by atoms with E-state index in [2.05, 4.69) is 4.74 Å². The Morgan fingerprint density at radius 3 is 2.18 bits per heavy atom. The van der Waals surface area contributed by atoms with Gasteiger partial charge in [0.15, 0.2) is 6.10 Å². The van der Waals surface area contributed by atoms with E-state index in [1.807, 2.05) is 0 Å². The molecule has 0 spiro atoms. The minimum Gasteiger partial charge on any atom is -0.467 e. The van der Waals surface area contributed by atoms with Crippen molar-refractivity contribution in [1.29, 1.82) is 0 Å². The highest BCUT2D eigenvalue weighted by Gasteiger charge is 2.28. The Labute approximate surface area is 105 Å². The van der Waals surface area contributed by atoms with Crippen LogP contribution < -0.4 is 0 Å². The number of hydrogen-bond donors (Lipinski definition) is 2. The smallest absolute Gasteiger partial charge is 0.337 e. The number of aryl methyl sites for hydroxylation is 2. The Morgan fingerprint density at radius 2 is 1.76 bits per heavy atom. The maximum Gasteiger partial charge on any atom is 0.337 e. The number of carbonyl (C=O) groups is 1. The van der Waals surface area contributed by atoms with Gasteiger partial charge >= 0.3 is 5.97 Å². The van der Waals surface area contributed by atoms with Gasteiger partial charge in [-0.2, -0.15) is 0 Å². The van der Waals surface area contributed by atoms with Crippen molar-refractivity contribution in [3.8, 4) is 0 Å². The first-order chi connectivity index (χ1) is 7.88. The van der Waals surface area contributed by atoms with Gasteiger partial charge in [0, 0.05) is 5.02 Å². The van der Waals surface area contributed by atoms with Gasteiger partial charge < -0.3 is 14.9 Å². The highest BCUT2D eigenvalue weighted by atomic mass is 35.5. The summed E-state index contributed by atoms with van der Waals surface area (Å²) in [7, 11) is 1.15. The summed E-state index contributed by atoms with van der Waals surface area (Å²) in [5, 5.41) is 20.1. The zero-order valence-electron chi connectivity index (χ0n) is 9.90. The molecule has 0 bridgehead atoms. The van der Waals surface area contributed by atoms with Gasteiger partial charge in [0.25, 0.3) is 0 Å². The summed E-state index contributed by atoms with van der Waals surface area (Å²) in [5.41, 5.74) is 1.92. The summed E-state index contributed by atoms with van der Waals surface area (Å²) in [6.45, 7) is 3.50. The number of benzene rings is 1. The second kappa shape index (κ2) is 5.49. The summed E-state index contributed by atoms with van der Waals surface area (Å²) in [6.07, 6.45) is -2.92. The number of carbonyl (C=O) groups excluding carboxylic acids is 1. The van der Waals surface area contributed by atoms with E-state index in [0.717, 1.165) is 7.11 Å². The summed E-state index contributed by atoms with van der Waals surface area (Å²) < 4.78 is 4.38. The summed E-state index contributed by atoms with van der Waals surface area (Å²) >= 11 is 5.86. The van der Waals surface area contributed by atoms with Crippen LogP contribution in [0.4, 0.5) is 0 Å². The van der Waals surface area contributed by atoms with E-state index in [4.69, 9.17) is 11.6 Å². The number of ether oxygens (including phenoxy) is 1. The van der Waals surface area contributed by atoms with Crippen molar-refractivity contribution in [1.82, 2.24) is 0 Å². The molecular weight excluding hydrogens is 244 g/mol. The Kier molecular flexibility index (Phi) is 4.51. The molecule has 0 amide bonds. The SMILES string of the molecule is COC(=O)C(O)C(O)c1c(C)cc(Cl)cc1C. The molecule has 0 saturated heterocycles. The molecule has 2 N–H and O–H groups in total. The summed E-state index contributed by atoms with van der Waals surface area (Å²) in [6, 6.07) is 3.33. The molecule has 0 radical (unpaired) electrons. The molecule has 1 aromatic rings. The van der Waals surface area contributed by atoms with Crippen LogP contribution in [-0.4, -0.2) is 29.4 Å². The van der Waals surface area contributed by atoms with E-state index in [1.54, 1.807) is 26.0 Å². The third kappa shape index (κ3) is 2.97. The molecule has 0 heterocycles. The molecule has 0 fully saturated rings. The van der Waals surface area contributed by atoms with Crippen molar-refractivity contribution in [2.45, 2.75) is 26.1 Å². The van der Waals surface area contributed by atoms with Crippen molar-refractivity contribution >= 4 is 17.6 Å². The van der Waals surface area contributed by atoms with Crippen molar-refractivity contribution in [2.24, 2.45) is 0 Å². The largest absolute Gasteiger partial charge is 0.467 e. The van der Waals surface area contributed by atoms with Crippen LogP contribution in [0.2, 0.25) is 5.02 Å². The first kappa shape index (κ1) is 14.0. The molecule has 2 unspecified atom stereocenters. The zero-order valence-corrected chi connectivity index (χ0v) is 10.7. The molecule has 1 aromatic carbocycles.